The van der Waals surface area contributed by atoms with Gasteiger partial charge in [-0.15, -0.1) is 0 Å². The first kappa shape index (κ1) is 20.2. The van der Waals surface area contributed by atoms with E-state index in [1.165, 1.54) is 0 Å². The highest BCUT2D eigenvalue weighted by molar-refractivity contribution is 5.98. The van der Waals surface area contributed by atoms with E-state index in [9.17, 15) is 9.59 Å². The van der Waals surface area contributed by atoms with Gasteiger partial charge in [0.15, 0.2) is 5.96 Å². The molecule has 0 unspecified atom stereocenters. The molecule has 0 radical (unpaired) electrons. The number of nitrogens with one attached hydrogen (secondary N) is 1. The van der Waals surface area contributed by atoms with Crippen molar-refractivity contribution >= 4 is 23.5 Å². The zero-order chi connectivity index (χ0) is 20.3. The summed E-state index contributed by atoms with van der Waals surface area (Å²) in [6.07, 6.45) is 7.47. The van der Waals surface area contributed by atoms with Crippen LogP contribution in [0.4, 0.5) is 5.69 Å². The lowest BCUT2D eigenvalue weighted by atomic mass is 9.84. The molecular formula is C19H31N7O2. The van der Waals surface area contributed by atoms with Gasteiger partial charge in [-0.1, -0.05) is 12.8 Å². The van der Waals surface area contributed by atoms with Crippen LogP contribution in [-0.2, 0) is 16.6 Å². The van der Waals surface area contributed by atoms with E-state index in [1.54, 1.807) is 27.7 Å². The molecular weight excluding hydrogens is 358 g/mol. The van der Waals surface area contributed by atoms with Gasteiger partial charge < -0.3 is 20.0 Å². The van der Waals surface area contributed by atoms with Crippen molar-refractivity contribution in [3.8, 4) is 0 Å². The fraction of sp³-hybridized carbons (Fsp3) is 0.684. The number of rotatable bonds is 4. The minimum absolute atomic E-state index is 0.0159. The fourth-order valence-electron chi connectivity index (χ4n) is 4.25. The summed E-state index contributed by atoms with van der Waals surface area (Å²) in [4.78, 5) is 35.2. The molecule has 9 nitrogen and oxygen atoms in total. The number of carbonyl (C=O) groups is 2. The minimum atomic E-state index is -0.374. The third-order valence-corrected chi connectivity index (χ3v) is 5.74. The van der Waals surface area contributed by atoms with E-state index in [2.05, 4.69) is 15.4 Å². The maximum Gasteiger partial charge on any atom is 0.246 e. The van der Waals surface area contributed by atoms with E-state index in [-0.39, 0.29) is 23.8 Å². The molecule has 2 aliphatic rings. The second-order valence-corrected chi connectivity index (χ2v) is 7.93. The minimum Gasteiger partial charge on any atom is -0.355 e. The van der Waals surface area contributed by atoms with E-state index in [1.807, 2.05) is 32.2 Å². The molecule has 1 aliphatic heterocycles. The van der Waals surface area contributed by atoms with Gasteiger partial charge in [0.1, 0.15) is 6.54 Å². The molecule has 3 rings (SSSR count). The Morgan fingerprint density at radius 2 is 2.04 bits per heavy atom. The van der Waals surface area contributed by atoms with E-state index in [0.717, 1.165) is 31.4 Å². The first-order valence-electron chi connectivity index (χ1n) is 9.83. The van der Waals surface area contributed by atoms with Gasteiger partial charge in [0.2, 0.25) is 11.8 Å². The monoisotopic (exact) mass is 389 g/mol. The Bertz CT molecular complexity index is 749. The third kappa shape index (κ3) is 3.98. The Kier molecular flexibility index (Phi) is 5.90. The zero-order valence-corrected chi connectivity index (χ0v) is 17.3. The molecule has 1 N–H and O–H groups in total. The Hall–Kier alpha value is -2.58. The average Bonchev–Trinajstić information content (AvgIpc) is 3.31. The molecule has 154 valence electrons. The summed E-state index contributed by atoms with van der Waals surface area (Å²) in [6, 6.07) is 0. The van der Waals surface area contributed by atoms with Crippen LogP contribution in [0.5, 0.6) is 0 Å². The number of amides is 2. The number of carbonyl (C=O) groups excluding carboxylic acids is 2. The average molecular weight is 390 g/mol. The first-order chi connectivity index (χ1) is 13.4. The molecule has 9 heteroatoms. The first-order valence-corrected chi connectivity index (χ1v) is 9.83. The number of nitrogens with zero attached hydrogens (tertiary/aromatic N) is 6. The molecule has 0 spiro atoms. The smallest absolute Gasteiger partial charge is 0.246 e. The fourth-order valence-corrected chi connectivity index (χ4v) is 4.25. The number of piperazine rings is 1. The van der Waals surface area contributed by atoms with Crippen molar-refractivity contribution in [3.63, 3.8) is 0 Å². The summed E-state index contributed by atoms with van der Waals surface area (Å²) in [5.74, 6) is 0.865. The maximum absolute atomic E-state index is 12.8. The van der Waals surface area contributed by atoms with Crippen LogP contribution >= 0.6 is 0 Å². The third-order valence-electron chi connectivity index (χ3n) is 5.74. The van der Waals surface area contributed by atoms with E-state index < -0.39 is 0 Å². The summed E-state index contributed by atoms with van der Waals surface area (Å²) in [5, 5.41) is 7.52. The second kappa shape index (κ2) is 8.20. The second-order valence-electron chi connectivity index (χ2n) is 7.93. The van der Waals surface area contributed by atoms with Gasteiger partial charge in [-0.2, -0.15) is 5.10 Å². The quantitative estimate of drug-likeness (QED) is 0.591. The van der Waals surface area contributed by atoms with Crippen molar-refractivity contribution in [1.29, 1.82) is 0 Å². The molecule has 1 aliphatic carbocycles. The number of anilines is 1. The summed E-state index contributed by atoms with van der Waals surface area (Å²) < 4.78 is 1.69. The Balaban J connectivity index is 1.63. The van der Waals surface area contributed by atoms with Crippen molar-refractivity contribution < 1.29 is 9.59 Å². The lowest BCUT2D eigenvalue weighted by Crippen LogP contribution is -2.57. The number of guanidine groups is 1. The lowest BCUT2D eigenvalue weighted by molar-refractivity contribution is -0.139. The van der Waals surface area contributed by atoms with Crippen LogP contribution in [0.2, 0.25) is 0 Å². The standard InChI is InChI=1S/C19H31N7O2/c1-20-18(21-14-19(7-5-6-8-19)17(28)23(2)3)25-9-10-26(16(27)13-25)15-11-22-24(4)12-15/h11-12H,5-10,13-14H2,1-4H3,(H,20,21). The van der Waals surface area contributed by atoms with Crippen molar-refractivity contribution in [2.45, 2.75) is 25.7 Å². The van der Waals surface area contributed by atoms with Crippen LogP contribution in [0, 0.1) is 5.41 Å². The molecule has 0 aromatic carbocycles. The highest BCUT2D eigenvalue weighted by Gasteiger charge is 2.42. The maximum atomic E-state index is 12.8. The highest BCUT2D eigenvalue weighted by atomic mass is 16.2. The molecule has 0 bridgehead atoms. The van der Waals surface area contributed by atoms with Gasteiger partial charge in [-0.3, -0.25) is 19.3 Å². The Morgan fingerprint density at radius 3 is 2.57 bits per heavy atom. The van der Waals surface area contributed by atoms with Crippen molar-refractivity contribution in [2.75, 3.05) is 52.2 Å². The molecule has 2 heterocycles. The predicted octanol–water partition coefficient (Wildman–Crippen LogP) is 0.293. The molecule has 0 atom stereocenters. The molecule has 1 saturated carbocycles. The van der Waals surface area contributed by atoms with E-state index >= 15 is 0 Å². The summed E-state index contributed by atoms with van der Waals surface area (Å²) in [5.41, 5.74) is 0.442. The molecule has 2 amide bonds. The molecule has 1 aromatic heterocycles. The van der Waals surface area contributed by atoms with Crippen LogP contribution in [0.25, 0.3) is 0 Å². The number of hydrogen-bond donors (Lipinski definition) is 1. The van der Waals surface area contributed by atoms with Gasteiger partial charge in [0.05, 0.1) is 17.3 Å². The predicted molar refractivity (Wildman–Crippen MR) is 108 cm³/mol. The van der Waals surface area contributed by atoms with Crippen molar-refractivity contribution in [3.05, 3.63) is 12.4 Å². The summed E-state index contributed by atoms with van der Waals surface area (Å²) >= 11 is 0. The Morgan fingerprint density at radius 1 is 1.32 bits per heavy atom. The van der Waals surface area contributed by atoms with Crippen LogP contribution in [0.15, 0.2) is 17.4 Å². The van der Waals surface area contributed by atoms with Gasteiger partial charge in [0.25, 0.3) is 0 Å². The SMILES string of the molecule is CN=C(NCC1(C(=O)N(C)C)CCCC1)N1CCN(c2cnn(C)c2)C(=O)C1. The topological polar surface area (TPSA) is 86.1 Å². The zero-order valence-electron chi connectivity index (χ0n) is 17.3. The van der Waals surface area contributed by atoms with Crippen LogP contribution in [0.1, 0.15) is 25.7 Å². The van der Waals surface area contributed by atoms with E-state index in [4.69, 9.17) is 0 Å². The van der Waals surface area contributed by atoms with Crippen molar-refractivity contribution in [1.82, 2.24) is 24.9 Å². The van der Waals surface area contributed by atoms with Gasteiger partial charge in [0, 0.05) is 54.0 Å². The normalized spacial score (nSPS) is 19.9. The van der Waals surface area contributed by atoms with Crippen molar-refractivity contribution in [2.24, 2.45) is 17.5 Å². The van der Waals surface area contributed by atoms with E-state index in [0.29, 0.717) is 25.6 Å². The number of aliphatic imine (C=N–C) groups is 1. The van der Waals surface area contributed by atoms with Gasteiger partial charge in [-0.25, -0.2) is 0 Å². The lowest BCUT2D eigenvalue weighted by Gasteiger charge is -2.37. The molecule has 1 saturated heterocycles. The summed E-state index contributed by atoms with van der Waals surface area (Å²) in [7, 11) is 7.18. The Labute approximate surface area is 166 Å². The van der Waals surface area contributed by atoms with Crippen LogP contribution < -0.4 is 10.2 Å². The highest BCUT2D eigenvalue weighted by Crippen LogP contribution is 2.39. The number of aryl methyl sites for hydroxylation is 1. The number of hydrogen-bond acceptors (Lipinski definition) is 4. The van der Waals surface area contributed by atoms with Crippen LogP contribution in [0.3, 0.4) is 0 Å². The number of aromatic nitrogens is 2. The van der Waals surface area contributed by atoms with Gasteiger partial charge in [-0.05, 0) is 12.8 Å². The summed E-state index contributed by atoms with van der Waals surface area (Å²) in [6.45, 7) is 2.05. The van der Waals surface area contributed by atoms with Crippen LogP contribution in [-0.4, -0.2) is 84.7 Å². The molecule has 28 heavy (non-hydrogen) atoms. The van der Waals surface area contributed by atoms with Gasteiger partial charge >= 0.3 is 0 Å². The molecule has 2 fully saturated rings. The molecule has 1 aromatic rings. The largest absolute Gasteiger partial charge is 0.355 e.